The van der Waals surface area contributed by atoms with E-state index in [2.05, 4.69) is 5.32 Å². The van der Waals surface area contributed by atoms with Gasteiger partial charge in [0.1, 0.15) is 0 Å². The number of carbonyl (C=O) groups excluding carboxylic acids is 1. The standard InChI is InChI=1S/C15H23NO4/c1-5-19-13-8-7-12(9-14(13)20-6-2)15(17)16-11(3)10-18-4/h7-9,11H,5-6,10H2,1-4H3,(H,16,17). The van der Waals surface area contributed by atoms with Gasteiger partial charge >= 0.3 is 0 Å². The molecule has 0 aromatic heterocycles. The molecule has 0 radical (unpaired) electrons. The number of carbonyl (C=O) groups is 1. The molecule has 1 rings (SSSR count). The smallest absolute Gasteiger partial charge is 0.251 e. The second kappa shape index (κ2) is 8.43. The summed E-state index contributed by atoms with van der Waals surface area (Å²) in [5.74, 6) is 1.08. The van der Waals surface area contributed by atoms with Crippen molar-refractivity contribution in [1.29, 1.82) is 0 Å². The highest BCUT2D eigenvalue weighted by Gasteiger charge is 2.13. The molecule has 0 aliphatic rings. The second-order valence-corrected chi connectivity index (χ2v) is 4.36. The lowest BCUT2D eigenvalue weighted by Gasteiger charge is -2.15. The lowest BCUT2D eigenvalue weighted by Crippen LogP contribution is -2.35. The molecule has 0 fully saturated rings. The number of rotatable bonds is 8. The Hall–Kier alpha value is -1.75. The van der Waals surface area contributed by atoms with E-state index in [-0.39, 0.29) is 11.9 Å². The lowest BCUT2D eigenvalue weighted by molar-refractivity contribution is 0.0905. The van der Waals surface area contributed by atoms with Crippen LogP contribution < -0.4 is 14.8 Å². The third kappa shape index (κ3) is 4.74. The zero-order valence-electron chi connectivity index (χ0n) is 12.6. The van der Waals surface area contributed by atoms with Crippen molar-refractivity contribution in [3.63, 3.8) is 0 Å². The predicted octanol–water partition coefficient (Wildman–Crippen LogP) is 2.25. The number of hydrogen-bond donors (Lipinski definition) is 1. The summed E-state index contributed by atoms with van der Waals surface area (Å²) in [7, 11) is 1.60. The Morgan fingerprint density at radius 3 is 2.45 bits per heavy atom. The van der Waals surface area contributed by atoms with E-state index in [9.17, 15) is 4.79 Å². The average molecular weight is 281 g/mol. The minimum absolute atomic E-state index is 0.0467. The van der Waals surface area contributed by atoms with Gasteiger partial charge in [0, 0.05) is 18.7 Å². The van der Waals surface area contributed by atoms with Crippen LogP contribution in [-0.4, -0.2) is 38.9 Å². The molecule has 0 saturated heterocycles. The molecule has 1 N–H and O–H groups in total. The zero-order valence-corrected chi connectivity index (χ0v) is 12.6. The first-order valence-corrected chi connectivity index (χ1v) is 6.81. The van der Waals surface area contributed by atoms with Crippen molar-refractivity contribution in [3.8, 4) is 11.5 Å². The topological polar surface area (TPSA) is 56.8 Å². The summed E-state index contributed by atoms with van der Waals surface area (Å²) in [6.07, 6.45) is 0. The van der Waals surface area contributed by atoms with E-state index in [1.54, 1.807) is 25.3 Å². The third-order valence-corrected chi connectivity index (χ3v) is 2.60. The summed E-state index contributed by atoms with van der Waals surface area (Å²) < 4.78 is 16.0. The predicted molar refractivity (Wildman–Crippen MR) is 77.6 cm³/mol. The Balaban J connectivity index is 2.84. The Bertz CT molecular complexity index is 434. The van der Waals surface area contributed by atoms with E-state index < -0.39 is 0 Å². The van der Waals surface area contributed by atoms with Crippen LogP contribution in [0, 0.1) is 0 Å². The number of amides is 1. The van der Waals surface area contributed by atoms with Crippen LogP contribution in [0.25, 0.3) is 0 Å². The van der Waals surface area contributed by atoms with Crippen molar-refractivity contribution in [3.05, 3.63) is 23.8 Å². The van der Waals surface area contributed by atoms with Crippen LogP contribution in [0.1, 0.15) is 31.1 Å². The van der Waals surface area contributed by atoms with Crippen LogP contribution >= 0.6 is 0 Å². The van der Waals surface area contributed by atoms with Crippen molar-refractivity contribution in [2.45, 2.75) is 26.8 Å². The summed E-state index contributed by atoms with van der Waals surface area (Å²) >= 11 is 0. The SMILES string of the molecule is CCOc1ccc(C(=O)NC(C)COC)cc1OCC. The molecule has 0 bridgehead atoms. The van der Waals surface area contributed by atoms with Gasteiger partial charge in [-0.3, -0.25) is 4.79 Å². The number of nitrogens with one attached hydrogen (secondary N) is 1. The maximum Gasteiger partial charge on any atom is 0.251 e. The van der Waals surface area contributed by atoms with Gasteiger partial charge in [0.2, 0.25) is 0 Å². The summed E-state index contributed by atoms with van der Waals surface area (Å²) in [6, 6.07) is 5.13. The maximum atomic E-state index is 12.1. The summed E-state index contributed by atoms with van der Waals surface area (Å²) in [4.78, 5) is 12.1. The van der Waals surface area contributed by atoms with Gasteiger partial charge in [-0.2, -0.15) is 0 Å². The monoisotopic (exact) mass is 281 g/mol. The van der Waals surface area contributed by atoms with Crippen molar-refractivity contribution < 1.29 is 19.0 Å². The van der Waals surface area contributed by atoms with Gasteiger partial charge in [0.15, 0.2) is 11.5 Å². The van der Waals surface area contributed by atoms with Crippen LogP contribution in [0.15, 0.2) is 18.2 Å². The molecule has 5 nitrogen and oxygen atoms in total. The Morgan fingerprint density at radius 2 is 1.85 bits per heavy atom. The van der Waals surface area contributed by atoms with E-state index >= 15 is 0 Å². The molecule has 1 atom stereocenters. The lowest BCUT2D eigenvalue weighted by atomic mass is 10.1. The molecule has 0 saturated carbocycles. The molecule has 0 heterocycles. The maximum absolute atomic E-state index is 12.1. The van der Waals surface area contributed by atoms with Crippen LogP contribution in [0.2, 0.25) is 0 Å². The van der Waals surface area contributed by atoms with Gasteiger partial charge in [-0.05, 0) is 39.0 Å². The quantitative estimate of drug-likeness (QED) is 0.794. The number of methoxy groups -OCH3 is 1. The minimum atomic E-state index is -0.154. The summed E-state index contributed by atoms with van der Waals surface area (Å²) in [6.45, 7) is 7.23. The highest BCUT2D eigenvalue weighted by atomic mass is 16.5. The van der Waals surface area contributed by atoms with Crippen LogP contribution in [0.4, 0.5) is 0 Å². The van der Waals surface area contributed by atoms with E-state index in [0.29, 0.717) is 36.9 Å². The molecule has 1 aromatic carbocycles. The molecular formula is C15H23NO4. The van der Waals surface area contributed by atoms with E-state index in [0.717, 1.165) is 0 Å². The Labute approximate surface area is 120 Å². The molecular weight excluding hydrogens is 258 g/mol. The van der Waals surface area contributed by atoms with Crippen LogP contribution in [0.5, 0.6) is 11.5 Å². The minimum Gasteiger partial charge on any atom is -0.490 e. The van der Waals surface area contributed by atoms with Gasteiger partial charge in [-0.15, -0.1) is 0 Å². The summed E-state index contributed by atoms with van der Waals surface area (Å²) in [5, 5.41) is 2.86. The van der Waals surface area contributed by atoms with Crippen LogP contribution in [0.3, 0.4) is 0 Å². The fraction of sp³-hybridized carbons (Fsp3) is 0.533. The van der Waals surface area contributed by atoms with Crippen molar-refractivity contribution in [1.82, 2.24) is 5.32 Å². The van der Waals surface area contributed by atoms with Gasteiger partial charge in [-0.1, -0.05) is 0 Å². The van der Waals surface area contributed by atoms with Gasteiger partial charge < -0.3 is 19.5 Å². The van der Waals surface area contributed by atoms with Crippen molar-refractivity contribution >= 4 is 5.91 Å². The van der Waals surface area contributed by atoms with E-state index in [1.807, 2.05) is 20.8 Å². The number of benzene rings is 1. The third-order valence-electron chi connectivity index (χ3n) is 2.60. The molecule has 0 aliphatic carbocycles. The molecule has 112 valence electrons. The number of ether oxygens (including phenoxy) is 3. The fourth-order valence-electron chi connectivity index (χ4n) is 1.79. The summed E-state index contributed by atoms with van der Waals surface area (Å²) in [5.41, 5.74) is 0.542. The second-order valence-electron chi connectivity index (χ2n) is 4.36. The molecule has 1 unspecified atom stereocenters. The Morgan fingerprint density at radius 1 is 1.20 bits per heavy atom. The van der Waals surface area contributed by atoms with E-state index in [4.69, 9.17) is 14.2 Å². The van der Waals surface area contributed by atoms with Gasteiger partial charge in [0.05, 0.1) is 19.8 Å². The molecule has 20 heavy (non-hydrogen) atoms. The first-order valence-electron chi connectivity index (χ1n) is 6.81. The first kappa shape index (κ1) is 16.3. The first-order chi connectivity index (χ1) is 9.62. The zero-order chi connectivity index (χ0) is 15.0. The molecule has 0 spiro atoms. The van der Waals surface area contributed by atoms with Gasteiger partial charge in [0.25, 0.3) is 5.91 Å². The Kier molecular flexibility index (Phi) is 6.87. The average Bonchev–Trinajstić information content (AvgIpc) is 2.41. The molecule has 5 heteroatoms. The largest absolute Gasteiger partial charge is 0.490 e. The number of hydrogen-bond acceptors (Lipinski definition) is 4. The highest BCUT2D eigenvalue weighted by molar-refractivity contribution is 5.95. The van der Waals surface area contributed by atoms with Crippen molar-refractivity contribution in [2.24, 2.45) is 0 Å². The molecule has 0 aliphatic heterocycles. The highest BCUT2D eigenvalue weighted by Crippen LogP contribution is 2.28. The van der Waals surface area contributed by atoms with Gasteiger partial charge in [-0.25, -0.2) is 0 Å². The normalized spacial score (nSPS) is 11.8. The van der Waals surface area contributed by atoms with Crippen molar-refractivity contribution in [2.75, 3.05) is 26.9 Å². The molecule has 1 amide bonds. The van der Waals surface area contributed by atoms with Crippen LogP contribution in [-0.2, 0) is 4.74 Å². The fourth-order valence-corrected chi connectivity index (χ4v) is 1.79. The molecule has 1 aromatic rings. The van der Waals surface area contributed by atoms with E-state index in [1.165, 1.54) is 0 Å².